The second-order valence-corrected chi connectivity index (χ2v) is 6.63. The number of rotatable bonds is 3. The van der Waals surface area contributed by atoms with Gasteiger partial charge in [-0.1, -0.05) is 12.1 Å². The minimum absolute atomic E-state index is 0.234. The Balaban J connectivity index is 2.01. The standard InChI is InChI=1S/C14H8BrN3OS/c15-12-6-5-11(20-12)13(19)8(7-16)14-17-9-3-1-2-4-10(9)18-14/h1-6,8H,(H,17,18). The molecule has 0 radical (unpaired) electrons. The first-order valence-electron chi connectivity index (χ1n) is 5.83. The van der Waals surface area contributed by atoms with Gasteiger partial charge in [0, 0.05) is 0 Å². The highest BCUT2D eigenvalue weighted by molar-refractivity contribution is 9.11. The molecule has 20 heavy (non-hydrogen) atoms. The predicted octanol–water partition coefficient (Wildman–Crippen LogP) is 3.88. The molecule has 0 saturated heterocycles. The number of H-pyrrole nitrogens is 1. The van der Waals surface area contributed by atoms with Gasteiger partial charge >= 0.3 is 0 Å². The Bertz CT molecular complexity index is 797. The first-order chi connectivity index (χ1) is 9.69. The van der Waals surface area contributed by atoms with E-state index in [1.807, 2.05) is 30.3 Å². The zero-order valence-electron chi connectivity index (χ0n) is 10.1. The lowest BCUT2D eigenvalue weighted by Gasteiger charge is -2.02. The molecule has 2 heterocycles. The second kappa shape index (κ2) is 5.19. The number of fused-ring (bicyclic) bond motifs is 1. The molecule has 4 nitrogen and oxygen atoms in total. The van der Waals surface area contributed by atoms with E-state index < -0.39 is 5.92 Å². The number of nitrogens with one attached hydrogen (secondary N) is 1. The molecule has 6 heteroatoms. The van der Waals surface area contributed by atoms with E-state index in [1.165, 1.54) is 11.3 Å². The van der Waals surface area contributed by atoms with Crippen LogP contribution in [-0.2, 0) is 0 Å². The molecule has 98 valence electrons. The molecule has 1 atom stereocenters. The lowest BCUT2D eigenvalue weighted by Crippen LogP contribution is -2.11. The Morgan fingerprint density at radius 1 is 1.35 bits per heavy atom. The van der Waals surface area contributed by atoms with Gasteiger partial charge in [-0.2, -0.15) is 5.26 Å². The van der Waals surface area contributed by atoms with Crippen molar-refractivity contribution in [2.75, 3.05) is 0 Å². The summed E-state index contributed by atoms with van der Waals surface area (Å²) in [6, 6.07) is 13.0. The third-order valence-corrected chi connectivity index (χ3v) is 4.53. The molecule has 2 aromatic heterocycles. The molecule has 0 aliphatic carbocycles. The average Bonchev–Trinajstić information content (AvgIpc) is 3.05. The predicted molar refractivity (Wildman–Crippen MR) is 80.8 cm³/mol. The fraction of sp³-hybridized carbons (Fsp3) is 0.0714. The second-order valence-electron chi connectivity index (χ2n) is 4.17. The van der Waals surface area contributed by atoms with Gasteiger partial charge in [0.05, 0.1) is 25.8 Å². The van der Waals surface area contributed by atoms with E-state index in [4.69, 9.17) is 0 Å². The maximum absolute atomic E-state index is 12.4. The van der Waals surface area contributed by atoms with E-state index in [1.54, 1.807) is 12.1 Å². The van der Waals surface area contributed by atoms with Gasteiger partial charge < -0.3 is 4.98 Å². The number of ketones is 1. The molecule has 3 aromatic rings. The van der Waals surface area contributed by atoms with Gasteiger partial charge in [0.25, 0.3) is 0 Å². The number of carbonyl (C=O) groups is 1. The van der Waals surface area contributed by atoms with Crippen LogP contribution in [0.2, 0.25) is 0 Å². The Hall–Kier alpha value is -1.97. The van der Waals surface area contributed by atoms with E-state index >= 15 is 0 Å². The topological polar surface area (TPSA) is 69.5 Å². The van der Waals surface area contributed by atoms with Crippen molar-refractivity contribution < 1.29 is 4.79 Å². The summed E-state index contributed by atoms with van der Waals surface area (Å²) in [5.41, 5.74) is 1.57. The first-order valence-corrected chi connectivity index (χ1v) is 7.44. The van der Waals surface area contributed by atoms with Crippen molar-refractivity contribution in [2.45, 2.75) is 5.92 Å². The van der Waals surface area contributed by atoms with Crippen LogP contribution < -0.4 is 0 Å². The highest BCUT2D eigenvalue weighted by Crippen LogP contribution is 2.27. The lowest BCUT2D eigenvalue weighted by molar-refractivity contribution is 0.0980. The summed E-state index contributed by atoms with van der Waals surface area (Å²) in [5, 5.41) is 9.31. The number of halogens is 1. The quantitative estimate of drug-likeness (QED) is 0.732. The van der Waals surface area contributed by atoms with E-state index in [2.05, 4.69) is 25.9 Å². The van der Waals surface area contributed by atoms with Gasteiger partial charge in [-0.25, -0.2) is 4.98 Å². The molecule has 3 rings (SSSR count). The fourth-order valence-corrected chi connectivity index (χ4v) is 3.30. The largest absolute Gasteiger partial charge is 0.340 e. The molecule has 1 N–H and O–H groups in total. The Morgan fingerprint density at radius 3 is 2.80 bits per heavy atom. The number of thiophene rings is 1. The fourth-order valence-electron chi connectivity index (χ4n) is 1.94. The normalized spacial score (nSPS) is 12.2. The van der Waals surface area contributed by atoms with Crippen molar-refractivity contribution in [1.82, 2.24) is 9.97 Å². The Morgan fingerprint density at radius 2 is 2.15 bits per heavy atom. The summed E-state index contributed by atoms with van der Waals surface area (Å²) in [6.07, 6.45) is 0. The maximum Gasteiger partial charge on any atom is 0.197 e. The van der Waals surface area contributed by atoms with E-state index in [0.717, 1.165) is 14.8 Å². The van der Waals surface area contributed by atoms with E-state index in [-0.39, 0.29) is 5.78 Å². The number of hydrogen-bond acceptors (Lipinski definition) is 4. The highest BCUT2D eigenvalue weighted by atomic mass is 79.9. The number of aromatic amines is 1. The zero-order chi connectivity index (χ0) is 14.1. The van der Waals surface area contributed by atoms with Crippen LogP contribution in [0.15, 0.2) is 40.2 Å². The summed E-state index contributed by atoms with van der Waals surface area (Å²) >= 11 is 4.63. The van der Waals surface area contributed by atoms with Crippen LogP contribution in [0.5, 0.6) is 0 Å². The molecule has 0 amide bonds. The monoisotopic (exact) mass is 345 g/mol. The van der Waals surface area contributed by atoms with Crippen LogP contribution in [0.3, 0.4) is 0 Å². The van der Waals surface area contributed by atoms with Crippen molar-refractivity contribution in [2.24, 2.45) is 0 Å². The summed E-state index contributed by atoms with van der Waals surface area (Å²) in [7, 11) is 0. The number of carbonyl (C=O) groups excluding carboxylic acids is 1. The van der Waals surface area contributed by atoms with Gasteiger partial charge in [0.1, 0.15) is 5.82 Å². The first kappa shape index (κ1) is 13.0. The number of aromatic nitrogens is 2. The zero-order valence-corrected chi connectivity index (χ0v) is 12.5. The van der Waals surface area contributed by atoms with Gasteiger partial charge in [0.15, 0.2) is 11.7 Å². The number of nitriles is 1. The molecule has 0 bridgehead atoms. The minimum Gasteiger partial charge on any atom is -0.340 e. The number of hydrogen-bond donors (Lipinski definition) is 1. The van der Waals surface area contributed by atoms with Crippen LogP contribution >= 0.6 is 27.3 Å². The molecular formula is C14H8BrN3OS. The van der Waals surface area contributed by atoms with Crippen LogP contribution in [-0.4, -0.2) is 15.8 Å². The van der Waals surface area contributed by atoms with Crippen LogP contribution in [0.1, 0.15) is 21.4 Å². The number of nitrogens with zero attached hydrogens (tertiary/aromatic N) is 2. The summed E-state index contributed by atoms with van der Waals surface area (Å²) in [4.78, 5) is 20.3. The summed E-state index contributed by atoms with van der Waals surface area (Å²) < 4.78 is 0.863. The van der Waals surface area contributed by atoms with Crippen molar-refractivity contribution in [3.8, 4) is 6.07 Å². The maximum atomic E-state index is 12.4. The van der Waals surface area contributed by atoms with Crippen LogP contribution in [0.25, 0.3) is 11.0 Å². The molecule has 1 aromatic carbocycles. The molecule has 1 unspecified atom stereocenters. The van der Waals surface area contributed by atoms with Gasteiger partial charge in [0.2, 0.25) is 0 Å². The SMILES string of the molecule is N#CC(C(=O)c1ccc(Br)s1)c1nc2ccccc2[nH]1. The molecule has 0 spiro atoms. The number of para-hydroxylation sites is 2. The third-order valence-electron chi connectivity index (χ3n) is 2.89. The van der Waals surface area contributed by atoms with Crippen molar-refractivity contribution in [3.05, 3.63) is 50.9 Å². The molecule has 0 fully saturated rings. The smallest absolute Gasteiger partial charge is 0.197 e. The molecular weight excluding hydrogens is 338 g/mol. The van der Waals surface area contributed by atoms with Crippen molar-refractivity contribution >= 4 is 44.1 Å². The van der Waals surface area contributed by atoms with Crippen LogP contribution in [0, 0.1) is 11.3 Å². The number of imidazole rings is 1. The summed E-state index contributed by atoms with van der Waals surface area (Å²) in [6.45, 7) is 0. The third kappa shape index (κ3) is 2.26. The molecule has 0 aliphatic heterocycles. The van der Waals surface area contributed by atoms with E-state index in [0.29, 0.717) is 10.7 Å². The lowest BCUT2D eigenvalue weighted by atomic mass is 10.0. The van der Waals surface area contributed by atoms with Gasteiger partial charge in [-0.3, -0.25) is 4.79 Å². The average molecular weight is 346 g/mol. The summed E-state index contributed by atoms with van der Waals surface area (Å²) in [5.74, 6) is -0.751. The molecule has 0 aliphatic rings. The molecule has 0 saturated carbocycles. The number of Topliss-reactive ketones (excluding diaryl/α,β-unsaturated/α-hetero) is 1. The highest BCUT2D eigenvalue weighted by Gasteiger charge is 2.26. The van der Waals surface area contributed by atoms with Crippen LogP contribution in [0.4, 0.5) is 0 Å². The van der Waals surface area contributed by atoms with Gasteiger partial charge in [-0.15, -0.1) is 11.3 Å². The van der Waals surface area contributed by atoms with Crippen molar-refractivity contribution in [3.63, 3.8) is 0 Å². The Kier molecular flexibility index (Phi) is 3.38. The van der Waals surface area contributed by atoms with Crippen molar-refractivity contribution in [1.29, 1.82) is 5.26 Å². The van der Waals surface area contributed by atoms with E-state index in [9.17, 15) is 10.1 Å². The number of benzene rings is 1. The minimum atomic E-state index is -0.909. The Labute approximate surface area is 127 Å². The van der Waals surface area contributed by atoms with Gasteiger partial charge in [-0.05, 0) is 40.2 Å².